The van der Waals surface area contributed by atoms with E-state index in [4.69, 9.17) is 17.7 Å². The normalized spacial score (nSPS) is 18.4. The molecule has 0 spiro atoms. The molecule has 0 saturated carbocycles. The summed E-state index contributed by atoms with van der Waals surface area (Å²) in [5.41, 5.74) is -0.437. The van der Waals surface area contributed by atoms with E-state index in [-0.39, 0.29) is 0 Å². The molecule has 0 heterocycles. The minimum absolute atomic E-state index is 0.551. The molecule has 0 aliphatic heterocycles. The van der Waals surface area contributed by atoms with Gasteiger partial charge in [0.05, 0.1) is 11.4 Å². The predicted octanol–water partition coefficient (Wildman–Crippen LogP) is 0.341. The molecule has 0 saturated heterocycles. The molecule has 0 aromatic carbocycles. The Labute approximate surface area is 85.7 Å². The fourth-order valence-electron chi connectivity index (χ4n) is 0.928. The summed E-state index contributed by atoms with van der Waals surface area (Å²) < 4.78 is 5.03. The average molecular weight is 197 g/mol. The zero-order valence-corrected chi connectivity index (χ0v) is 9.00. The number of nitrogens with one attached hydrogen (secondary N) is 1. The maximum Gasteiger partial charge on any atom is 0.310 e. The number of carbonyl (C=O) groups is 1. The largest absolute Gasteiger partial charge is 0.481 e. The van der Waals surface area contributed by atoms with E-state index in [1.54, 1.807) is 20.9 Å². The first-order valence-corrected chi connectivity index (χ1v) is 4.32. The Balaban J connectivity index is 4.80. The topological polar surface area (TPSA) is 58.6 Å². The van der Waals surface area contributed by atoms with Crippen LogP contribution in [0.4, 0.5) is 0 Å². The van der Waals surface area contributed by atoms with Crippen molar-refractivity contribution < 1.29 is 14.6 Å². The summed E-state index contributed by atoms with van der Waals surface area (Å²) in [7, 11) is 8.91. The number of methoxy groups -OCH3 is 1. The van der Waals surface area contributed by atoms with E-state index in [0.29, 0.717) is 5.70 Å². The van der Waals surface area contributed by atoms with Crippen molar-refractivity contribution in [1.82, 2.24) is 5.32 Å². The molecule has 2 radical (unpaired) electrons. The number of hydrogen-bond acceptors (Lipinski definition) is 3. The monoisotopic (exact) mass is 197 g/mol. The molecule has 0 rings (SSSR count). The Bertz CT molecular complexity index is 238. The van der Waals surface area contributed by atoms with Crippen molar-refractivity contribution in [3.05, 3.63) is 11.8 Å². The third-order valence-electron chi connectivity index (χ3n) is 2.03. The number of hydrogen-bond donors (Lipinski definition) is 2. The summed E-state index contributed by atoms with van der Waals surface area (Å²) in [5.74, 6) is -1.50. The minimum atomic E-state index is -0.988. The zero-order chi connectivity index (χ0) is 11.4. The fraction of sp³-hybridized carbons (Fsp3) is 0.667. The zero-order valence-electron chi connectivity index (χ0n) is 9.00. The molecule has 0 aliphatic carbocycles. The molecule has 0 aliphatic rings. The second-order valence-electron chi connectivity index (χ2n) is 3.27. The van der Waals surface area contributed by atoms with Crippen LogP contribution < -0.4 is 5.32 Å². The van der Waals surface area contributed by atoms with Gasteiger partial charge in [-0.3, -0.25) is 4.79 Å². The van der Waals surface area contributed by atoms with E-state index in [1.807, 2.05) is 0 Å². The number of carboxylic acid groups (broad SMARTS) is 1. The van der Waals surface area contributed by atoms with Gasteiger partial charge in [-0.1, -0.05) is 0 Å². The smallest absolute Gasteiger partial charge is 0.310 e. The van der Waals surface area contributed by atoms with Gasteiger partial charge in [-0.2, -0.15) is 0 Å². The van der Waals surface area contributed by atoms with Crippen LogP contribution in [-0.2, 0) is 9.53 Å². The molecule has 0 fully saturated rings. The molecule has 14 heavy (non-hydrogen) atoms. The van der Waals surface area contributed by atoms with Crippen molar-refractivity contribution in [3.63, 3.8) is 0 Å². The van der Waals surface area contributed by atoms with Crippen molar-refractivity contribution >= 4 is 13.8 Å². The number of aliphatic carboxylic acids is 1. The standard InChI is InChI=1S/C9H16BNO3/c1-6(8(12)13)5-7(11-3)9(2,10)14-4/h5-6,11H,1-4H3,(H,12,13)/b7-5+. The molecule has 0 aromatic heterocycles. The Hall–Kier alpha value is -0.965. The predicted molar refractivity (Wildman–Crippen MR) is 55.1 cm³/mol. The summed E-state index contributed by atoms with van der Waals surface area (Å²) in [6.07, 6.45) is 1.53. The summed E-state index contributed by atoms with van der Waals surface area (Å²) in [5, 5.41) is 11.5. The van der Waals surface area contributed by atoms with Crippen molar-refractivity contribution in [2.45, 2.75) is 19.3 Å². The first kappa shape index (κ1) is 13.0. The molecule has 4 nitrogen and oxygen atoms in total. The number of likely N-dealkylation sites (N-methyl/N-ethyl adjacent to an activating group) is 1. The summed E-state index contributed by atoms with van der Waals surface area (Å²) in [6, 6.07) is 0. The molecule has 0 bridgehead atoms. The lowest BCUT2D eigenvalue weighted by Gasteiger charge is -2.27. The van der Waals surface area contributed by atoms with Crippen LogP contribution in [0, 0.1) is 5.92 Å². The molecule has 0 aromatic rings. The van der Waals surface area contributed by atoms with Crippen LogP contribution in [-0.4, -0.2) is 38.6 Å². The van der Waals surface area contributed by atoms with Crippen LogP contribution in [0.15, 0.2) is 11.8 Å². The van der Waals surface area contributed by atoms with E-state index in [1.165, 1.54) is 13.2 Å². The summed E-state index contributed by atoms with van der Waals surface area (Å²) >= 11 is 0. The van der Waals surface area contributed by atoms with Gasteiger partial charge in [-0.15, -0.1) is 0 Å². The first-order chi connectivity index (χ1) is 6.35. The third-order valence-corrected chi connectivity index (χ3v) is 2.03. The molecular weight excluding hydrogens is 181 g/mol. The van der Waals surface area contributed by atoms with Crippen LogP contribution in [0.2, 0.25) is 0 Å². The highest BCUT2D eigenvalue weighted by Gasteiger charge is 2.22. The second kappa shape index (κ2) is 5.05. The summed E-state index contributed by atoms with van der Waals surface area (Å²) in [6.45, 7) is 3.23. The molecular formula is C9H16BNO3. The van der Waals surface area contributed by atoms with Gasteiger partial charge in [-0.25, -0.2) is 0 Å². The van der Waals surface area contributed by atoms with E-state index in [9.17, 15) is 4.79 Å². The van der Waals surface area contributed by atoms with E-state index >= 15 is 0 Å². The fourth-order valence-corrected chi connectivity index (χ4v) is 0.928. The highest BCUT2D eigenvalue weighted by molar-refractivity contribution is 6.16. The van der Waals surface area contributed by atoms with Crippen LogP contribution in [0.25, 0.3) is 0 Å². The molecule has 2 unspecified atom stereocenters. The van der Waals surface area contributed by atoms with Crippen molar-refractivity contribution in [2.24, 2.45) is 5.92 Å². The maximum absolute atomic E-state index is 10.6. The van der Waals surface area contributed by atoms with Crippen LogP contribution in [0.5, 0.6) is 0 Å². The van der Waals surface area contributed by atoms with Gasteiger partial charge in [0.1, 0.15) is 7.85 Å². The lowest BCUT2D eigenvalue weighted by Crippen LogP contribution is -2.37. The number of ether oxygens (including phenoxy) is 1. The van der Waals surface area contributed by atoms with Gasteiger partial charge in [0.15, 0.2) is 0 Å². The van der Waals surface area contributed by atoms with Crippen LogP contribution in [0.3, 0.4) is 0 Å². The number of rotatable bonds is 5. The summed E-state index contributed by atoms with van der Waals surface area (Å²) in [4.78, 5) is 10.6. The first-order valence-electron chi connectivity index (χ1n) is 4.32. The maximum atomic E-state index is 10.6. The lowest BCUT2D eigenvalue weighted by atomic mass is 9.79. The molecule has 2 atom stereocenters. The van der Waals surface area contributed by atoms with Gasteiger partial charge in [0.25, 0.3) is 0 Å². The van der Waals surface area contributed by atoms with E-state index in [0.717, 1.165) is 0 Å². The SMILES string of the molecule is [B]C(C)(OC)/C(=C\C(C)C(=O)O)NC. The van der Waals surface area contributed by atoms with Crippen molar-refractivity contribution in [3.8, 4) is 0 Å². The highest BCUT2D eigenvalue weighted by Crippen LogP contribution is 2.15. The Morgan fingerprint density at radius 2 is 2.21 bits per heavy atom. The van der Waals surface area contributed by atoms with Gasteiger partial charge in [0.2, 0.25) is 0 Å². The van der Waals surface area contributed by atoms with E-state index in [2.05, 4.69) is 5.32 Å². The second-order valence-corrected chi connectivity index (χ2v) is 3.27. The Morgan fingerprint density at radius 1 is 1.71 bits per heavy atom. The van der Waals surface area contributed by atoms with Gasteiger partial charge in [0, 0.05) is 19.9 Å². The van der Waals surface area contributed by atoms with Crippen molar-refractivity contribution in [1.29, 1.82) is 0 Å². The van der Waals surface area contributed by atoms with Crippen LogP contribution >= 0.6 is 0 Å². The molecule has 5 heteroatoms. The van der Waals surface area contributed by atoms with Crippen LogP contribution in [0.1, 0.15) is 13.8 Å². The average Bonchev–Trinajstić information content (AvgIpc) is 2.13. The van der Waals surface area contributed by atoms with Gasteiger partial charge >= 0.3 is 5.97 Å². The van der Waals surface area contributed by atoms with Gasteiger partial charge in [-0.05, 0) is 19.9 Å². The van der Waals surface area contributed by atoms with E-state index < -0.39 is 17.4 Å². The molecule has 0 amide bonds. The lowest BCUT2D eigenvalue weighted by molar-refractivity contribution is -0.139. The Morgan fingerprint density at radius 3 is 2.50 bits per heavy atom. The molecule has 78 valence electrons. The molecule has 2 N–H and O–H groups in total. The quantitative estimate of drug-likeness (QED) is 0.624. The van der Waals surface area contributed by atoms with Gasteiger partial charge < -0.3 is 15.2 Å². The number of carboxylic acids is 1. The highest BCUT2D eigenvalue weighted by atomic mass is 16.5. The Kier molecular flexibility index (Phi) is 4.70. The van der Waals surface area contributed by atoms with Crippen molar-refractivity contribution in [2.75, 3.05) is 14.2 Å². The third kappa shape index (κ3) is 3.42. The minimum Gasteiger partial charge on any atom is -0.481 e.